The van der Waals surface area contributed by atoms with E-state index >= 15 is 0 Å². The van der Waals surface area contributed by atoms with E-state index in [4.69, 9.17) is 0 Å². The molecule has 0 spiro atoms. The summed E-state index contributed by atoms with van der Waals surface area (Å²) in [5, 5.41) is 0. The van der Waals surface area contributed by atoms with Crippen molar-refractivity contribution in [3.8, 4) is 0 Å². The average molecular weight is 278 g/mol. The summed E-state index contributed by atoms with van der Waals surface area (Å²) in [5.41, 5.74) is 2.24. The first-order valence-corrected chi connectivity index (χ1v) is 7.15. The molecule has 2 N–H and O–H groups in total. The Morgan fingerprint density at radius 1 is 1.05 bits per heavy atom. The van der Waals surface area contributed by atoms with E-state index in [0.717, 1.165) is 11.1 Å². The van der Waals surface area contributed by atoms with Gasteiger partial charge in [0, 0.05) is 18.0 Å². The molecule has 0 radical (unpaired) electrons. The van der Waals surface area contributed by atoms with E-state index in [-0.39, 0.29) is 10.5 Å². The highest BCUT2D eigenvalue weighted by Gasteiger charge is 2.14. The number of benzene rings is 1. The van der Waals surface area contributed by atoms with Crippen molar-refractivity contribution >= 4 is 15.7 Å². The summed E-state index contributed by atoms with van der Waals surface area (Å²) in [4.78, 5) is 13.3. The quantitative estimate of drug-likeness (QED) is 0.898. The maximum Gasteiger partial charge on any atom is 0.263 e. The maximum absolute atomic E-state index is 12.1. The summed E-state index contributed by atoms with van der Waals surface area (Å²) in [6.07, 6.45) is 1.17. The molecule has 0 amide bonds. The van der Waals surface area contributed by atoms with Crippen molar-refractivity contribution in [2.45, 2.75) is 18.7 Å². The number of pyridine rings is 1. The molecule has 0 aliphatic rings. The molecule has 0 aliphatic carbocycles. The Kier molecular flexibility index (Phi) is 3.44. The normalized spacial score (nSPS) is 11.3. The number of H-pyrrole nitrogens is 1. The van der Waals surface area contributed by atoms with Gasteiger partial charge in [-0.1, -0.05) is 6.07 Å². The van der Waals surface area contributed by atoms with Crippen LogP contribution >= 0.6 is 0 Å². The Labute approximate surface area is 111 Å². The molecule has 0 fully saturated rings. The second-order valence-electron chi connectivity index (χ2n) is 4.29. The van der Waals surface area contributed by atoms with E-state index in [2.05, 4.69) is 9.71 Å². The van der Waals surface area contributed by atoms with Gasteiger partial charge in [0.2, 0.25) is 5.56 Å². The standard InChI is InChI=1S/C13H14N2O3S/c1-9-3-4-11(7-10(9)2)15-19(17,18)12-5-6-13(16)14-8-12/h3-8,15H,1-2H3,(H,14,16). The topological polar surface area (TPSA) is 79.0 Å². The van der Waals surface area contributed by atoms with Gasteiger partial charge in [0.25, 0.3) is 10.0 Å². The zero-order valence-electron chi connectivity index (χ0n) is 10.6. The van der Waals surface area contributed by atoms with Gasteiger partial charge in [-0.3, -0.25) is 9.52 Å². The summed E-state index contributed by atoms with van der Waals surface area (Å²) in [7, 11) is -3.68. The van der Waals surface area contributed by atoms with Crippen LogP contribution in [0.15, 0.2) is 46.2 Å². The van der Waals surface area contributed by atoms with Crippen molar-refractivity contribution in [3.63, 3.8) is 0 Å². The summed E-state index contributed by atoms with van der Waals surface area (Å²) in [6.45, 7) is 3.86. The average Bonchev–Trinajstić information content (AvgIpc) is 2.34. The molecule has 1 aromatic carbocycles. The molecule has 100 valence electrons. The molecule has 2 rings (SSSR count). The van der Waals surface area contributed by atoms with Gasteiger partial charge in [0.05, 0.1) is 0 Å². The zero-order valence-corrected chi connectivity index (χ0v) is 11.4. The number of rotatable bonds is 3. The molecular formula is C13H14N2O3S. The third-order valence-electron chi connectivity index (χ3n) is 2.83. The van der Waals surface area contributed by atoms with E-state index in [1.54, 1.807) is 12.1 Å². The van der Waals surface area contributed by atoms with Crippen molar-refractivity contribution in [1.82, 2.24) is 4.98 Å². The lowest BCUT2D eigenvalue weighted by Gasteiger charge is -2.09. The maximum atomic E-state index is 12.1. The summed E-state index contributed by atoms with van der Waals surface area (Å²) in [6, 6.07) is 7.75. The van der Waals surface area contributed by atoms with Crippen LogP contribution in [0.2, 0.25) is 0 Å². The van der Waals surface area contributed by atoms with Gasteiger partial charge in [-0.25, -0.2) is 8.42 Å². The lowest BCUT2D eigenvalue weighted by Crippen LogP contribution is -2.15. The third-order valence-corrected chi connectivity index (χ3v) is 4.20. The molecule has 0 saturated heterocycles. The smallest absolute Gasteiger partial charge is 0.263 e. The Bertz CT molecular complexity index is 743. The number of hydrogen-bond donors (Lipinski definition) is 2. The van der Waals surface area contributed by atoms with Crippen LogP contribution in [0.1, 0.15) is 11.1 Å². The molecule has 0 bridgehead atoms. The fourth-order valence-electron chi connectivity index (χ4n) is 1.58. The van der Waals surface area contributed by atoms with Crippen molar-refractivity contribution in [2.24, 2.45) is 0 Å². The van der Waals surface area contributed by atoms with Gasteiger partial charge in [-0.2, -0.15) is 0 Å². The minimum Gasteiger partial charge on any atom is -0.328 e. The molecule has 0 aliphatic heterocycles. The first-order chi connectivity index (χ1) is 8.88. The fraction of sp³-hybridized carbons (Fsp3) is 0.154. The third kappa shape index (κ3) is 3.03. The van der Waals surface area contributed by atoms with E-state index in [9.17, 15) is 13.2 Å². The minimum atomic E-state index is -3.68. The van der Waals surface area contributed by atoms with Gasteiger partial charge < -0.3 is 4.98 Å². The molecule has 19 heavy (non-hydrogen) atoms. The van der Waals surface area contributed by atoms with Crippen LogP contribution in [0.5, 0.6) is 0 Å². The number of aromatic nitrogens is 1. The van der Waals surface area contributed by atoms with Crippen molar-refractivity contribution in [3.05, 3.63) is 58.0 Å². The first-order valence-electron chi connectivity index (χ1n) is 5.67. The highest BCUT2D eigenvalue weighted by atomic mass is 32.2. The minimum absolute atomic E-state index is 0.0188. The number of aromatic amines is 1. The van der Waals surface area contributed by atoms with Gasteiger partial charge >= 0.3 is 0 Å². The molecule has 1 heterocycles. The molecule has 0 saturated carbocycles. The summed E-state index contributed by atoms with van der Waals surface area (Å²) in [5.74, 6) is 0. The van der Waals surface area contributed by atoms with Gasteiger partial charge in [0.1, 0.15) is 4.90 Å². The van der Waals surface area contributed by atoms with Crippen LogP contribution in [0.4, 0.5) is 5.69 Å². The molecule has 1 aromatic heterocycles. The van der Waals surface area contributed by atoms with Crippen LogP contribution in [0.3, 0.4) is 0 Å². The molecule has 2 aromatic rings. The van der Waals surface area contributed by atoms with Crippen LogP contribution in [-0.2, 0) is 10.0 Å². The lowest BCUT2D eigenvalue weighted by atomic mass is 10.1. The van der Waals surface area contributed by atoms with Gasteiger partial charge in [-0.05, 0) is 43.2 Å². The number of hydrogen-bond acceptors (Lipinski definition) is 3. The van der Waals surface area contributed by atoms with E-state index in [0.29, 0.717) is 5.69 Å². The second kappa shape index (κ2) is 4.89. The molecular weight excluding hydrogens is 264 g/mol. The predicted octanol–water partition coefficient (Wildman–Crippen LogP) is 1.79. The summed E-state index contributed by atoms with van der Waals surface area (Å²) >= 11 is 0. The second-order valence-corrected chi connectivity index (χ2v) is 5.98. The number of sulfonamides is 1. The number of nitrogens with one attached hydrogen (secondary N) is 2. The van der Waals surface area contributed by atoms with Gasteiger partial charge in [-0.15, -0.1) is 0 Å². The van der Waals surface area contributed by atoms with Crippen LogP contribution < -0.4 is 10.3 Å². The highest BCUT2D eigenvalue weighted by Crippen LogP contribution is 2.18. The largest absolute Gasteiger partial charge is 0.328 e. The molecule has 5 nitrogen and oxygen atoms in total. The van der Waals surface area contributed by atoms with Gasteiger partial charge in [0.15, 0.2) is 0 Å². The van der Waals surface area contributed by atoms with E-state index in [1.165, 1.54) is 18.3 Å². The monoisotopic (exact) mass is 278 g/mol. The SMILES string of the molecule is Cc1ccc(NS(=O)(=O)c2ccc(=O)[nH]c2)cc1C. The molecule has 6 heteroatoms. The highest BCUT2D eigenvalue weighted by molar-refractivity contribution is 7.92. The van der Waals surface area contributed by atoms with Crippen LogP contribution in [0.25, 0.3) is 0 Å². The van der Waals surface area contributed by atoms with Crippen molar-refractivity contribution < 1.29 is 8.42 Å². The molecule has 0 unspecified atom stereocenters. The Morgan fingerprint density at radius 3 is 2.37 bits per heavy atom. The van der Waals surface area contributed by atoms with E-state index in [1.807, 2.05) is 19.9 Å². The predicted molar refractivity (Wildman–Crippen MR) is 73.8 cm³/mol. The Morgan fingerprint density at radius 2 is 1.79 bits per heavy atom. The number of anilines is 1. The Balaban J connectivity index is 2.33. The van der Waals surface area contributed by atoms with Crippen molar-refractivity contribution in [2.75, 3.05) is 4.72 Å². The first kappa shape index (κ1) is 13.4. The zero-order chi connectivity index (χ0) is 14.0. The summed E-state index contributed by atoms with van der Waals surface area (Å²) < 4.78 is 26.6. The van der Waals surface area contributed by atoms with E-state index < -0.39 is 10.0 Å². The van der Waals surface area contributed by atoms with Crippen LogP contribution in [0, 0.1) is 13.8 Å². The molecule has 0 atom stereocenters. The lowest BCUT2D eigenvalue weighted by molar-refractivity contribution is 0.600. The van der Waals surface area contributed by atoms with Crippen molar-refractivity contribution in [1.29, 1.82) is 0 Å². The van der Waals surface area contributed by atoms with Crippen LogP contribution in [-0.4, -0.2) is 13.4 Å². The fourth-order valence-corrected chi connectivity index (χ4v) is 2.60. The Hall–Kier alpha value is -2.08. The number of aryl methyl sites for hydroxylation is 2.